The van der Waals surface area contributed by atoms with Gasteiger partial charge in [0.25, 0.3) is 0 Å². The maximum atomic E-state index is 12.1. The molecule has 7 heteroatoms. The van der Waals surface area contributed by atoms with E-state index in [0.29, 0.717) is 0 Å². The number of phenols is 2. The smallest absolute Gasteiger partial charge is 0.243 e. The summed E-state index contributed by atoms with van der Waals surface area (Å²) in [5, 5.41) is 21.0. The Balaban J connectivity index is 2.14. The summed E-state index contributed by atoms with van der Waals surface area (Å²) in [6, 6.07) is 3.04. The lowest BCUT2D eigenvalue weighted by molar-refractivity contribution is -0.139. The molecule has 1 aromatic rings. The fourth-order valence-electron chi connectivity index (χ4n) is 1.99. The van der Waals surface area contributed by atoms with Crippen LogP contribution in [0.1, 0.15) is 17.3 Å². The van der Waals surface area contributed by atoms with Gasteiger partial charge in [0.05, 0.1) is 24.7 Å². The zero-order valence-corrected chi connectivity index (χ0v) is 10.8. The highest BCUT2D eigenvalue weighted by atomic mass is 16.3. The Labute approximate surface area is 114 Å². The molecule has 0 bridgehead atoms. The Hall–Kier alpha value is -2.41. The second-order valence-electron chi connectivity index (χ2n) is 4.62. The molecule has 0 radical (unpaired) electrons. The molecule has 2 amide bonds. The lowest BCUT2D eigenvalue weighted by atomic mass is 10.1. The normalized spacial score (nSPS) is 19.8. The summed E-state index contributed by atoms with van der Waals surface area (Å²) >= 11 is 0. The maximum absolute atomic E-state index is 12.1. The molecule has 1 aliphatic rings. The summed E-state index contributed by atoms with van der Waals surface area (Å²) in [6.45, 7) is 1.36. The van der Waals surface area contributed by atoms with Crippen molar-refractivity contribution in [2.75, 3.05) is 13.1 Å². The van der Waals surface area contributed by atoms with Crippen LogP contribution in [-0.2, 0) is 9.59 Å². The van der Waals surface area contributed by atoms with E-state index in [2.05, 4.69) is 5.32 Å². The molecular weight excluding hydrogens is 264 g/mol. The van der Waals surface area contributed by atoms with Gasteiger partial charge < -0.3 is 10.2 Å². The third-order valence-corrected chi connectivity index (χ3v) is 3.16. The van der Waals surface area contributed by atoms with E-state index in [4.69, 9.17) is 0 Å². The number of phenolic OH excluding ortho intramolecular Hbond substituents is 2. The number of aromatic hydroxyl groups is 2. The molecule has 1 saturated heterocycles. The van der Waals surface area contributed by atoms with Crippen molar-refractivity contribution in [1.29, 1.82) is 0 Å². The molecule has 1 unspecified atom stereocenters. The first kappa shape index (κ1) is 14.0. The van der Waals surface area contributed by atoms with Crippen molar-refractivity contribution in [3.63, 3.8) is 0 Å². The van der Waals surface area contributed by atoms with Gasteiger partial charge in [-0.15, -0.1) is 0 Å². The van der Waals surface area contributed by atoms with Gasteiger partial charge in [-0.25, -0.2) is 0 Å². The predicted octanol–water partition coefficient (Wildman–Crippen LogP) is -0.373. The van der Waals surface area contributed by atoms with Gasteiger partial charge in [0.15, 0.2) is 5.78 Å². The van der Waals surface area contributed by atoms with E-state index >= 15 is 0 Å². The van der Waals surface area contributed by atoms with Gasteiger partial charge in [-0.3, -0.25) is 24.6 Å². The number of piperazine rings is 1. The molecule has 1 atom stereocenters. The molecule has 0 aromatic heterocycles. The lowest BCUT2D eigenvalue weighted by Gasteiger charge is -2.30. The van der Waals surface area contributed by atoms with Crippen LogP contribution in [-0.4, -0.2) is 51.8 Å². The number of amides is 2. The predicted molar refractivity (Wildman–Crippen MR) is 68.3 cm³/mol. The highest BCUT2D eigenvalue weighted by molar-refractivity contribution is 6.03. The largest absolute Gasteiger partial charge is 0.508 e. The van der Waals surface area contributed by atoms with E-state index in [0.717, 1.165) is 6.07 Å². The molecule has 0 aliphatic carbocycles. The molecule has 7 nitrogen and oxygen atoms in total. The van der Waals surface area contributed by atoms with Crippen molar-refractivity contribution >= 4 is 17.6 Å². The van der Waals surface area contributed by atoms with Gasteiger partial charge in [-0.1, -0.05) is 0 Å². The highest BCUT2D eigenvalue weighted by Crippen LogP contribution is 2.23. The van der Waals surface area contributed by atoms with Gasteiger partial charge in [-0.05, 0) is 19.1 Å². The van der Waals surface area contributed by atoms with E-state index in [1.165, 1.54) is 17.0 Å². The van der Waals surface area contributed by atoms with Gasteiger partial charge in [0.2, 0.25) is 11.8 Å². The Morgan fingerprint density at radius 3 is 2.75 bits per heavy atom. The van der Waals surface area contributed by atoms with Crippen molar-refractivity contribution in [3.05, 3.63) is 23.8 Å². The van der Waals surface area contributed by atoms with Crippen LogP contribution in [0.25, 0.3) is 0 Å². The number of nitrogens with one attached hydrogen (secondary N) is 1. The van der Waals surface area contributed by atoms with Crippen LogP contribution in [0.4, 0.5) is 0 Å². The number of carbonyl (C=O) groups is 3. The van der Waals surface area contributed by atoms with Crippen LogP contribution < -0.4 is 5.32 Å². The monoisotopic (exact) mass is 278 g/mol. The van der Waals surface area contributed by atoms with Crippen molar-refractivity contribution < 1.29 is 24.6 Å². The van der Waals surface area contributed by atoms with Crippen LogP contribution in [0.15, 0.2) is 18.2 Å². The third kappa shape index (κ3) is 2.77. The first-order valence-electron chi connectivity index (χ1n) is 6.01. The number of ketones is 1. The topological polar surface area (TPSA) is 107 Å². The quantitative estimate of drug-likeness (QED) is 0.514. The first-order valence-corrected chi connectivity index (χ1v) is 6.01. The first-order chi connectivity index (χ1) is 9.38. The van der Waals surface area contributed by atoms with Gasteiger partial charge in [0.1, 0.15) is 11.5 Å². The van der Waals surface area contributed by atoms with Gasteiger partial charge >= 0.3 is 0 Å². The average Bonchev–Trinajstić information content (AvgIpc) is 2.35. The molecule has 0 spiro atoms. The fourth-order valence-corrected chi connectivity index (χ4v) is 1.99. The molecule has 3 N–H and O–H groups in total. The standard InChI is InChI=1S/C13H14N2O5/c1-7-13(20)14-12(19)6-15(7)5-11(18)9-3-2-8(16)4-10(9)17/h2-4,7,16-17H,5-6H2,1H3,(H,14,19,20). The minimum atomic E-state index is -0.601. The van der Waals surface area contributed by atoms with Crippen LogP contribution in [0, 0.1) is 0 Å². The zero-order chi connectivity index (χ0) is 14.9. The molecule has 1 fully saturated rings. The SMILES string of the molecule is CC1C(=O)NC(=O)CN1CC(=O)c1ccc(O)cc1O. The van der Waals surface area contributed by atoms with Crippen LogP contribution >= 0.6 is 0 Å². The number of nitrogens with zero attached hydrogens (tertiary/aromatic N) is 1. The summed E-state index contributed by atoms with van der Waals surface area (Å²) in [6.07, 6.45) is 0. The Kier molecular flexibility index (Phi) is 3.71. The number of hydrogen-bond acceptors (Lipinski definition) is 6. The second-order valence-corrected chi connectivity index (χ2v) is 4.62. The minimum absolute atomic E-state index is 0.0356. The Morgan fingerprint density at radius 2 is 2.10 bits per heavy atom. The van der Waals surface area contributed by atoms with Crippen molar-refractivity contribution in [3.8, 4) is 11.5 Å². The third-order valence-electron chi connectivity index (χ3n) is 3.16. The van der Waals surface area contributed by atoms with Crippen LogP contribution in [0.5, 0.6) is 11.5 Å². The van der Waals surface area contributed by atoms with Crippen LogP contribution in [0.3, 0.4) is 0 Å². The highest BCUT2D eigenvalue weighted by Gasteiger charge is 2.31. The lowest BCUT2D eigenvalue weighted by Crippen LogP contribution is -2.57. The molecule has 1 heterocycles. The number of rotatable bonds is 3. The zero-order valence-electron chi connectivity index (χ0n) is 10.8. The molecule has 1 aliphatic heterocycles. The van der Waals surface area contributed by atoms with E-state index in [-0.39, 0.29) is 30.2 Å². The average molecular weight is 278 g/mol. The summed E-state index contributed by atoms with van der Waals surface area (Å²) in [4.78, 5) is 36.3. The Morgan fingerprint density at radius 1 is 1.40 bits per heavy atom. The summed E-state index contributed by atoms with van der Waals surface area (Å²) in [5.74, 6) is -1.84. The number of imide groups is 1. The number of carbonyl (C=O) groups excluding carboxylic acids is 3. The maximum Gasteiger partial charge on any atom is 0.243 e. The molecule has 2 rings (SSSR count). The van der Waals surface area contributed by atoms with Gasteiger partial charge in [-0.2, -0.15) is 0 Å². The van der Waals surface area contributed by atoms with Crippen LogP contribution in [0.2, 0.25) is 0 Å². The fraction of sp³-hybridized carbons (Fsp3) is 0.308. The minimum Gasteiger partial charge on any atom is -0.508 e. The van der Waals surface area contributed by atoms with Crippen molar-refractivity contribution in [1.82, 2.24) is 10.2 Å². The molecular formula is C13H14N2O5. The van der Waals surface area contributed by atoms with E-state index < -0.39 is 23.6 Å². The Bertz CT molecular complexity index is 584. The van der Waals surface area contributed by atoms with Gasteiger partial charge in [0, 0.05) is 6.07 Å². The molecule has 106 valence electrons. The van der Waals surface area contributed by atoms with Crippen molar-refractivity contribution in [2.24, 2.45) is 0 Å². The molecule has 1 aromatic carbocycles. The number of benzene rings is 1. The van der Waals surface area contributed by atoms with E-state index in [9.17, 15) is 24.6 Å². The summed E-state index contributed by atoms with van der Waals surface area (Å²) in [5.41, 5.74) is 0.0356. The number of hydrogen-bond donors (Lipinski definition) is 3. The molecule has 20 heavy (non-hydrogen) atoms. The number of Topliss-reactive ketones (excluding diaryl/α,β-unsaturated/α-hetero) is 1. The second kappa shape index (κ2) is 5.30. The van der Waals surface area contributed by atoms with E-state index in [1.807, 2.05) is 0 Å². The van der Waals surface area contributed by atoms with Crippen molar-refractivity contribution in [2.45, 2.75) is 13.0 Å². The summed E-state index contributed by atoms with van der Waals surface area (Å²) < 4.78 is 0. The van der Waals surface area contributed by atoms with E-state index in [1.54, 1.807) is 6.92 Å². The summed E-state index contributed by atoms with van der Waals surface area (Å²) in [7, 11) is 0. The molecule has 0 saturated carbocycles.